The number of fused-ring (bicyclic) bond motifs is 1. The van der Waals surface area contributed by atoms with Gasteiger partial charge in [-0.1, -0.05) is 29.8 Å². The van der Waals surface area contributed by atoms with Crippen LogP contribution in [0.15, 0.2) is 71.9 Å². The van der Waals surface area contributed by atoms with Crippen LogP contribution in [0.4, 0.5) is 18.9 Å². The average Bonchev–Trinajstić information content (AvgIpc) is 3.15. The lowest BCUT2D eigenvalue weighted by atomic mass is 10.0. The summed E-state index contributed by atoms with van der Waals surface area (Å²) in [5.41, 5.74) is -0.165. The van der Waals surface area contributed by atoms with Crippen LogP contribution in [0.1, 0.15) is 21.5 Å². The molecule has 0 atom stereocenters. The number of ketones is 1. The first-order chi connectivity index (χ1) is 15.0. The summed E-state index contributed by atoms with van der Waals surface area (Å²) >= 11 is 5.96. The second-order valence-corrected chi connectivity index (χ2v) is 8.91. The number of pyridine rings is 1. The maximum atomic E-state index is 13.0. The SMILES string of the molecule is O=C(c1cccc(NS(=O)(=O)c2cccc(C(F)(F)F)c2)c1)c1c[nH]c2ncc(Cl)cc12. The third kappa shape index (κ3) is 4.32. The number of alkyl halides is 3. The second kappa shape index (κ2) is 7.95. The number of nitrogens with one attached hydrogen (secondary N) is 2. The van der Waals surface area contributed by atoms with E-state index in [1.807, 2.05) is 0 Å². The van der Waals surface area contributed by atoms with Crippen LogP contribution in [0, 0.1) is 0 Å². The molecule has 6 nitrogen and oxygen atoms in total. The van der Waals surface area contributed by atoms with Crippen LogP contribution < -0.4 is 4.72 Å². The topological polar surface area (TPSA) is 91.9 Å². The lowest BCUT2D eigenvalue weighted by molar-refractivity contribution is -0.137. The molecular weight excluding hydrogens is 467 g/mol. The number of benzene rings is 2. The number of anilines is 1. The van der Waals surface area contributed by atoms with Crippen molar-refractivity contribution in [2.24, 2.45) is 0 Å². The van der Waals surface area contributed by atoms with E-state index in [1.165, 1.54) is 36.7 Å². The molecule has 2 N–H and O–H groups in total. The van der Waals surface area contributed by atoms with Gasteiger partial charge in [-0.3, -0.25) is 9.52 Å². The monoisotopic (exact) mass is 479 g/mol. The number of carbonyl (C=O) groups is 1. The predicted octanol–water partition coefficient (Wildman–Crippen LogP) is 5.27. The number of aromatic amines is 1. The summed E-state index contributed by atoms with van der Waals surface area (Å²) in [5.74, 6) is -0.416. The summed E-state index contributed by atoms with van der Waals surface area (Å²) in [4.78, 5) is 19.4. The van der Waals surface area contributed by atoms with Gasteiger partial charge in [0.2, 0.25) is 0 Å². The molecule has 0 aliphatic rings. The molecule has 0 fully saturated rings. The van der Waals surface area contributed by atoms with E-state index in [0.29, 0.717) is 22.1 Å². The zero-order chi connectivity index (χ0) is 23.1. The second-order valence-electron chi connectivity index (χ2n) is 6.79. The van der Waals surface area contributed by atoms with E-state index in [2.05, 4.69) is 14.7 Å². The van der Waals surface area contributed by atoms with Crippen molar-refractivity contribution in [2.75, 3.05) is 4.72 Å². The smallest absolute Gasteiger partial charge is 0.345 e. The van der Waals surface area contributed by atoms with Gasteiger partial charge in [-0.2, -0.15) is 13.2 Å². The quantitative estimate of drug-likeness (QED) is 0.382. The Hall–Kier alpha value is -3.37. The van der Waals surface area contributed by atoms with Crippen LogP contribution in [0.3, 0.4) is 0 Å². The number of carbonyl (C=O) groups excluding carboxylic acids is 1. The molecule has 0 saturated carbocycles. The third-order valence-corrected chi connectivity index (χ3v) is 6.18. The van der Waals surface area contributed by atoms with E-state index >= 15 is 0 Å². The highest BCUT2D eigenvalue weighted by atomic mass is 35.5. The number of hydrogen-bond donors (Lipinski definition) is 2. The number of halogens is 4. The Balaban J connectivity index is 1.64. The fourth-order valence-corrected chi connectivity index (χ4v) is 4.35. The van der Waals surface area contributed by atoms with Gasteiger partial charge in [0.05, 0.1) is 15.5 Å². The minimum atomic E-state index is -4.69. The van der Waals surface area contributed by atoms with Gasteiger partial charge in [0.25, 0.3) is 10.0 Å². The molecule has 4 aromatic rings. The summed E-state index contributed by atoms with van der Waals surface area (Å²) in [6, 6.07) is 10.6. The molecule has 0 spiro atoms. The number of H-pyrrole nitrogens is 1. The van der Waals surface area contributed by atoms with Crippen LogP contribution in [0.2, 0.25) is 5.02 Å². The van der Waals surface area contributed by atoms with E-state index in [-0.39, 0.29) is 16.8 Å². The van der Waals surface area contributed by atoms with Crippen LogP contribution in [0.25, 0.3) is 11.0 Å². The summed E-state index contributed by atoms with van der Waals surface area (Å²) in [6.45, 7) is 0. The first kappa shape index (κ1) is 21.8. The van der Waals surface area contributed by atoms with Crippen molar-refractivity contribution in [1.29, 1.82) is 0 Å². The molecular formula is C21H13ClF3N3O3S. The molecule has 0 bridgehead atoms. The highest BCUT2D eigenvalue weighted by Gasteiger charge is 2.31. The number of aromatic nitrogens is 2. The Labute approximate surface area is 185 Å². The molecule has 0 unspecified atom stereocenters. The zero-order valence-electron chi connectivity index (χ0n) is 15.9. The molecule has 4 rings (SSSR count). The van der Waals surface area contributed by atoms with Gasteiger partial charge in [-0.05, 0) is 36.4 Å². The molecule has 2 aromatic heterocycles. The lowest BCUT2D eigenvalue weighted by Crippen LogP contribution is -2.15. The van der Waals surface area contributed by atoms with Gasteiger partial charge < -0.3 is 4.98 Å². The lowest BCUT2D eigenvalue weighted by Gasteiger charge is -2.11. The van der Waals surface area contributed by atoms with E-state index < -0.39 is 32.4 Å². The number of sulfonamides is 1. The van der Waals surface area contributed by atoms with Crippen molar-refractivity contribution < 1.29 is 26.4 Å². The number of nitrogens with zero attached hydrogens (tertiary/aromatic N) is 1. The minimum absolute atomic E-state index is 0.0178. The van der Waals surface area contributed by atoms with E-state index in [9.17, 15) is 26.4 Å². The normalized spacial score (nSPS) is 12.1. The molecule has 11 heteroatoms. The van der Waals surface area contributed by atoms with Gasteiger partial charge in [-0.15, -0.1) is 0 Å². The van der Waals surface area contributed by atoms with Gasteiger partial charge >= 0.3 is 6.18 Å². The average molecular weight is 480 g/mol. The first-order valence-corrected chi connectivity index (χ1v) is 10.9. The van der Waals surface area contributed by atoms with E-state index in [0.717, 1.165) is 18.2 Å². The van der Waals surface area contributed by atoms with Gasteiger partial charge in [0.15, 0.2) is 5.78 Å². The molecule has 0 amide bonds. The third-order valence-electron chi connectivity index (χ3n) is 4.59. The fraction of sp³-hybridized carbons (Fsp3) is 0.0476. The maximum absolute atomic E-state index is 13.0. The van der Waals surface area contributed by atoms with Crippen LogP contribution in [-0.2, 0) is 16.2 Å². The van der Waals surface area contributed by atoms with Gasteiger partial charge in [-0.25, -0.2) is 13.4 Å². The van der Waals surface area contributed by atoms with Crippen LogP contribution in [-0.4, -0.2) is 24.2 Å². The Morgan fingerprint density at radius 3 is 2.56 bits per heavy atom. The molecule has 2 aromatic carbocycles. The molecule has 0 aliphatic carbocycles. The van der Waals surface area contributed by atoms with Crippen LogP contribution in [0.5, 0.6) is 0 Å². The Kier molecular flexibility index (Phi) is 5.43. The van der Waals surface area contributed by atoms with Crippen molar-refractivity contribution >= 4 is 44.1 Å². The van der Waals surface area contributed by atoms with E-state index in [1.54, 1.807) is 6.07 Å². The van der Waals surface area contributed by atoms with Crippen molar-refractivity contribution in [3.8, 4) is 0 Å². The summed E-state index contributed by atoms with van der Waals surface area (Å²) in [6.07, 6.45) is -1.79. The predicted molar refractivity (Wildman–Crippen MR) is 113 cm³/mol. The Morgan fingerprint density at radius 2 is 1.81 bits per heavy atom. The highest BCUT2D eigenvalue weighted by molar-refractivity contribution is 7.92. The molecule has 2 heterocycles. The van der Waals surface area contributed by atoms with Gasteiger partial charge in [0, 0.05) is 34.6 Å². The Morgan fingerprint density at radius 1 is 1.06 bits per heavy atom. The van der Waals surface area contributed by atoms with Crippen LogP contribution >= 0.6 is 11.6 Å². The zero-order valence-corrected chi connectivity index (χ0v) is 17.5. The largest absolute Gasteiger partial charge is 0.416 e. The molecule has 32 heavy (non-hydrogen) atoms. The maximum Gasteiger partial charge on any atom is 0.416 e. The van der Waals surface area contributed by atoms with Crippen molar-refractivity contribution in [3.05, 3.63) is 88.7 Å². The number of rotatable bonds is 5. The minimum Gasteiger partial charge on any atom is -0.345 e. The van der Waals surface area contributed by atoms with Gasteiger partial charge in [0.1, 0.15) is 5.65 Å². The molecule has 0 saturated heterocycles. The standard InChI is InChI=1S/C21H13ClF3N3O3S/c22-14-9-17-18(11-27-20(17)26-10-14)19(29)12-3-1-5-15(7-12)28-32(30,31)16-6-2-4-13(8-16)21(23,24)25/h1-11,28H,(H,26,27). The summed E-state index contributed by atoms with van der Waals surface area (Å²) < 4.78 is 66.2. The van der Waals surface area contributed by atoms with Crippen molar-refractivity contribution in [3.63, 3.8) is 0 Å². The summed E-state index contributed by atoms with van der Waals surface area (Å²) in [7, 11) is -4.33. The van der Waals surface area contributed by atoms with Crippen molar-refractivity contribution in [1.82, 2.24) is 9.97 Å². The Bertz CT molecular complexity index is 1450. The first-order valence-electron chi connectivity index (χ1n) is 9.02. The molecule has 0 radical (unpaired) electrons. The van der Waals surface area contributed by atoms with Crippen molar-refractivity contribution in [2.45, 2.75) is 11.1 Å². The summed E-state index contributed by atoms with van der Waals surface area (Å²) in [5, 5.41) is 0.839. The molecule has 0 aliphatic heterocycles. The highest BCUT2D eigenvalue weighted by Crippen LogP contribution is 2.31. The molecule has 164 valence electrons. The fourth-order valence-electron chi connectivity index (χ4n) is 3.10. The van der Waals surface area contributed by atoms with E-state index in [4.69, 9.17) is 11.6 Å². The number of hydrogen-bond acceptors (Lipinski definition) is 4.